The van der Waals surface area contributed by atoms with Gasteiger partial charge in [0, 0.05) is 17.1 Å². The molecule has 0 aliphatic carbocycles. The molecule has 23 heavy (non-hydrogen) atoms. The second-order valence-electron chi connectivity index (χ2n) is 5.08. The fraction of sp³-hybridized carbons (Fsp3) is 0.250. The number of carbonyl (C=O) groups is 1. The molecule has 1 heterocycles. The van der Waals surface area contributed by atoms with Crippen molar-refractivity contribution in [1.82, 2.24) is 15.4 Å². The first-order chi connectivity index (χ1) is 10.9. The largest absolute Gasteiger partial charge is 0.399 e. The van der Waals surface area contributed by atoms with Crippen LogP contribution in [0.15, 0.2) is 40.6 Å². The first kappa shape index (κ1) is 17.0. The van der Waals surface area contributed by atoms with Crippen LogP contribution in [0, 0.1) is 13.8 Å². The monoisotopic (exact) mass is 329 g/mol. The van der Waals surface area contributed by atoms with Crippen molar-refractivity contribution in [2.75, 3.05) is 11.5 Å². The van der Waals surface area contributed by atoms with Crippen LogP contribution < -0.4 is 11.2 Å². The normalized spacial score (nSPS) is 11.3. The average molecular weight is 329 g/mol. The number of amides is 1. The van der Waals surface area contributed by atoms with Gasteiger partial charge in [0.2, 0.25) is 0 Å². The van der Waals surface area contributed by atoms with E-state index < -0.39 is 0 Å². The van der Waals surface area contributed by atoms with E-state index in [-0.39, 0.29) is 11.7 Å². The number of thioether (sulfide) groups is 1. The van der Waals surface area contributed by atoms with Crippen LogP contribution in [-0.2, 0) is 4.79 Å². The third kappa shape index (κ3) is 5.37. The number of nitrogen functional groups attached to an aromatic ring is 1. The maximum atomic E-state index is 11.9. The van der Waals surface area contributed by atoms with Crippen molar-refractivity contribution in [2.24, 2.45) is 5.10 Å². The Bertz CT molecular complexity index is 708. The van der Waals surface area contributed by atoms with Crippen molar-refractivity contribution in [1.29, 1.82) is 0 Å². The summed E-state index contributed by atoms with van der Waals surface area (Å²) in [6.07, 6.45) is 0. The third-order valence-electron chi connectivity index (χ3n) is 2.97. The number of hydrazone groups is 1. The molecule has 0 saturated heterocycles. The van der Waals surface area contributed by atoms with E-state index >= 15 is 0 Å². The van der Waals surface area contributed by atoms with Crippen LogP contribution in [0.3, 0.4) is 0 Å². The minimum atomic E-state index is -0.201. The standard InChI is InChI=1S/C16H19N5OS/c1-10-8-11(2)19-16(18-10)23-9-15(22)21-20-12(3)13-4-6-14(17)7-5-13/h4-8H,9,17H2,1-3H3,(H,21,22)/b20-12-. The summed E-state index contributed by atoms with van der Waals surface area (Å²) in [4.78, 5) is 20.4. The van der Waals surface area contributed by atoms with E-state index in [0.717, 1.165) is 17.0 Å². The molecular weight excluding hydrogens is 310 g/mol. The Hall–Kier alpha value is -2.41. The van der Waals surface area contributed by atoms with E-state index in [4.69, 9.17) is 5.73 Å². The fourth-order valence-corrected chi connectivity index (χ4v) is 2.60. The highest BCUT2D eigenvalue weighted by atomic mass is 32.2. The van der Waals surface area contributed by atoms with E-state index in [9.17, 15) is 4.79 Å². The molecule has 0 bridgehead atoms. The van der Waals surface area contributed by atoms with Crippen molar-refractivity contribution in [3.63, 3.8) is 0 Å². The summed E-state index contributed by atoms with van der Waals surface area (Å²) in [5.74, 6) is 0.00839. The molecule has 7 heteroatoms. The number of rotatable bonds is 5. The molecule has 0 aliphatic heterocycles. The van der Waals surface area contributed by atoms with Crippen LogP contribution in [-0.4, -0.2) is 27.3 Å². The summed E-state index contributed by atoms with van der Waals surface area (Å²) in [6.45, 7) is 5.63. The number of benzene rings is 1. The highest BCUT2D eigenvalue weighted by Crippen LogP contribution is 2.13. The summed E-state index contributed by atoms with van der Waals surface area (Å²) in [5, 5.41) is 4.69. The zero-order chi connectivity index (χ0) is 16.8. The summed E-state index contributed by atoms with van der Waals surface area (Å²) in [5.41, 5.74) is 12.3. The number of hydrogen-bond donors (Lipinski definition) is 2. The predicted octanol–water partition coefficient (Wildman–Crippen LogP) is 2.31. The number of nitrogens with two attached hydrogens (primary N) is 1. The number of anilines is 1. The van der Waals surface area contributed by atoms with Gasteiger partial charge < -0.3 is 5.73 Å². The number of nitrogens with one attached hydrogen (secondary N) is 1. The van der Waals surface area contributed by atoms with Crippen LogP contribution in [0.4, 0.5) is 5.69 Å². The Morgan fingerprint density at radius 1 is 1.22 bits per heavy atom. The molecule has 1 aromatic carbocycles. The fourth-order valence-electron chi connectivity index (χ4n) is 1.86. The zero-order valence-electron chi connectivity index (χ0n) is 13.3. The van der Waals surface area contributed by atoms with Crippen LogP contribution in [0.2, 0.25) is 0 Å². The number of nitrogens with zero attached hydrogens (tertiary/aromatic N) is 3. The van der Waals surface area contributed by atoms with Crippen molar-refractivity contribution in [2.45, 2.75) is 25.9 Å². The molecule has 0 saturated carbocycles. The molecule has 120 valence electrons. The van der Waals surface area contributed by atoms with Gasteiger partial charge in [0.25, 0.3) is 5.91 Å². The summed E-state index contributed by atoms with van der Waals surface area (Å²) >= 11 is 1.29. The summed E-state index contributed by atoms with van der Waals surface area (Å²) in [6, 6.07) is 9.20. The Morgan fingerprint density at radius 2 is 1.83 bits per heavy atom. The van der Waals surface area contributed by atoms with E-state index in [1.807, 2.05) is 39.0 Å². The Morgan fingerprint density at radius 3 is 2.43 bits per heavy atom. The van der Waals surface area contributed by atoms with Gasteiger partial charge in [-0.15, -0.1) is 0 Å². The molecule has 0 unspecified atom stereocenters. The van der Waals surface area contributed by atoms with Crippen LogP contribution in [0.25, 0.3) is 0 Å². The Balaban J connectivity index is 1.89. The molecule has 1 aromatic heterocycles. The maximum Gasteiger partial charge on any atom is 0.250 e. The van der Waals surface area contributed by atoms with Gasteiger partial charge in [0.05, 0.1) is 11.5 Å². The lowest BCUT2D eigenvalue weighted by Crippen LogP contribution is -2.21. The zero-order valence-corrected chi connectivity index (χ0v) is 14.1. The quantitative estimate of drug-likeness (QED) is 0.289. The van der Waals surface area contributed by atoms with Gasteiger partial charge >= 0.3 is 0 Å². The lowest BCUT2D eigenvalue weighted by Gasteiger charge is -2.04. The molecule has 0 atom stereocenters. The van der Waals surface area contributed by atoms with Gasteiger partial charge in [-0.25, -0.2) is 15.4 Å². The predicted molar refractivity (Wildman–Crippen MR) is 93.4 cm³/mol. The second-order valence-corrected chi connectivity index (χ2v) is 6.02. The van der Waals surface area contributed by atoms with E-state index in [1.165, 1.54) is 11.8 Å². The minimum Gasteiger partial charge on any atom is -0.399 e. The van der Waals surface area contributed by atoms with Crippen molar-refractivity contribution >= 4 is 29.1 Å². The first-order valence-electron chi connectivity index (χ1n) is 7.08. The highest BCUT2D eigenvalue weighted by molar-refractivity contribution is 7.99. The van der Waals surface area contributed by atoms with Gasteiger partial charge in [-0.2, -0.15) is 5.10 Å². The number of aryl methyl sites for hydroxylation is 2. The smallest absolute Gasteiger partial charge is 0.250 e. The van der Waals surface area contributed by atoms with Gasteiger partial charge in [-0.1, -0.05) is 23.9 Å². The molecule has 6 nitrogen and oxygen atoms in total. The number of hydrogen-bond acceptors (Lipinski definition) is 6. The summed E-state index contributed by atoms with van der Waals surface area (Å²) < 4.78 is 0. The van der Waals surface area contributed by atoms with Gasteiger partial charge in [-0.05, 0) is 44.5 Å². The lowest BCUT2D eigenvalue weighted by atomic mass is 10.1. The molecule has 1 amide bonds. The van der Waals surface area contributed by atoms with Crippen molar-refractivity contribution in [3.8, 4) is 0 Å². The first-order valence-corrected chi connectivity index (χ1v) is 8.07. The molecule has 3 N–H and O–H groups in total. The SMILES string of the molecule is C/C(=N/NC(=O)CSc1nc(C)cc(C)n1)c1ccc(N)cc1. The van der Waals surface area contributed by atoms with E-state index in [1.54, 1.807) is 12.1 Å². The molecule has 2 aromatic rings. The van der Waals surface area contributed by atoms with E-state index in [0.29, 0.717) is 16.6 Å². The number of aromatic nitrogens is 2. The van der Waals surface area contributed by atoms with Gasteiger partial charge in [-0.3, -0.25) is 4.79 Å². The van der Waals surface area contributed by atoms with Crippen LogP contribution in [0.5, 0.6) is 0 Å². The molecule has 2 rings (SSSR count). The van der Waals surface area contributed by atoms with Crippen molar-refractivity contribution in [3.05, 3.63) is 47.3 Å². The molecule has 0 aliphatic rings. The van der Waals surface area contributed by atoms with Crippen LogP contribution >= 0.6 is 11.8 Å². The Kier molecular flexibility index (Phi) is 5.70. The van der Waals surface area contributed by atoms with Gasteiger partial charge in [0.15, 0.2) is 5.16 Å². The third-order valence-corrected chi connectivity index (χ3v) is 3.82. The number of carbonyl (C=O) groups excluding carboxylic acids is 1. The molecule has 0 spiro atoms. The highest BCUT2D eigenvalue weighted by Gasteiger charge is 2.06. The van der Waals surface area contributed by atoms with Crippen LogP contribution in [0.1, 0.15) is 23.9 Å². The topological polar surface area (TPSA) is 93.3 Å². The summed E-state index contributed by atoms with van der Waals surface area (Å²) in [7, 11) is 0. The molecule has 0 radical (unpaired) electrons. The van der Waals surface area contributed by atoms with E-state index in [2.05, 4.69) is 20.5 Å². The Labute approximate surface area is 139 Å². The average Bonchev–Trinajstić information content (AvgIpc) is 2.50. The minimum absolute atomic E-state index is 0.201. The maximum absolute atomic E-state index is 11.9. The molecular formula is C16H19N5OS. The lowest BCUT2D eigenvalue weighted by molar-refractivity contribution is -0.118. The second kappa shape index (κ2) is 7.73. The molecule has 0 fully saturated rings. The van der Waals surface area contributed by atoms with Crippen molar-refractivity contribution < 1.29 is 4.79 Å². The van der Waals surface area contributed by atoms with Gasteiger partial charge in [0.1, 0.15) is 0 Å².